The summed E-state index contributed by atoms with van der Waals surface area (Å²) in [6.45, 7) is 0.505. The van der Waals surface area contributed by atoms with Crippen LogP contribution in [0.4, 0.5) is 0 Å². The lowest BCUT2D eigenvalue weighted by atomic mass is 9.84. The first-order valence-corrected chi connectivity index (χ1v) is 8.13. The van der Waals surface area contributed by atoms with Gasteiger partial charge in [0.05, 0.1) is 5.52 Å². The molecular formula is C18H25Cl2N3O. The van der Waals surface area contributed by atoms with Crippen molar-refractivity contribution in [2.24, 2.45) is 11.7 Å². The van der Waals surface area contributed by atoms with Crippen LogP contribution in [0.25, 0.3) is 10.9 Å². The van der Waals surface area contributed by atoms with Crippen LogP contribution in [0.15, 0.2) is 36.5 Å². The molecule has 1 fully saturated rings. The highest BCUT2D eigenvalue weighted by Crippen LogP contribution is 2.26. The lowest BCUT2D eigenvalue weighted by Crippen LogP contribution is -2.45. The molecule has 1 aromatic heterocycles. The topological polar surface area (TPSA) is 68.0 Å². The van der Waals surface area contributed by atoms with Gasteiger partial charge in [0.15, 0.2) is 0 Å². The summed E-state index contributed by atoms with van der Waals surface area (Å²) in [5.41, 5.74) is 7.48. The number of amides is 1. The van der Waals surface area contributed by atoms with E-state index in [1.54, 1.807) is 6.20 Å². The van der Waals surface area contributed by atoms with Gasteiger partial charge in [0.2, 0.25) is 0 Å². The number of nitrogens with two attached hydrogens (primary N) is 1. The summed E-state index contributed by atoms with van der Waals surface area (Å²) in [5, 5.41) is 4.12. The summed E-state index contributed by atoms with van der Waals surface area (Å²) in [5.74, 6) is 0.483. The van der Waals surface area contributed by atoms with Crippen LogP contribution < -0.4 is 11.1 Å². The third kappa shape index (κ3) is 4.82. The maximum atomic E-state index is 12.5. The van der Waals surface area contributed by atoms with Crippen molar-refractivity contribution in [2.75, 3.05) is 6.54 Å². The molecule has 1 saturated carbocycles. The van der Waals surface area contributed by atoms with Crippen LogP contribution in [0.1, 0.15) is 42.5 Å². The molecule has 24 heavy (non-hydrogen) atoms. The van der Waals surface area contributed by atoms with Crippen LogP contribution in [0.5, 0.6) is 0 Å². The number of carbonyl (C=O) groups is 1. The van der Waals surface area contributed by atoms with Crippen molar-refractivity contribution >= 4 is 41.6 Å². The van der Waals surface area contributed by atoms with Crippen molar-refractivity contribution in [1.82, 2.24) is 10.3 Å². The Bertz CT molecular complexity index is 660. The minimum atomic E-state index is -0.0354. The highest BCUT2D eigenvalue weighted by Gasteiger charge is 2.24. The van der Waals surface area contributed by atoms with Gasteiger partial charge < -0.3 is 11.1 Å². The van der Waals surface area contributed by atoms with Crippen molar-refractivity contribution in [1.29, 1.82) is 0 Å². The molecule has 1 aliphatic rings. The minimum Gasteiger partial charge on any atom is -0.348 e. The van der Waals surface area contributed by atoms with Crippen LogP contribution in [-0.4, -0.2) is 23.5 Å². The fourth-order valence-electron chi connectivity index (χ4n) is 3.37. The van der Waals surface area contributed by atoms with Gasteiger partial charge in [-0.2, -0.15) is 0 Å². The highest BCUT2D eigenvalue weighted by molar-refractivity contribution is 5.98. The smallest absolute Gasteiger partial charge is 0.251 e. The van der Waals surface area contributed by atoms with E-state index in [0.29, 0.717) is 18.0 Å². The minimum absolute atomic E-state index is 0. The van der Waals surface area contributed by atoms with E-state index in [-0.39, 0.29) is 36.8 Å². The second-order valence-electron chi connectivity index (χ2n) is 6.12. The summed E-state index contributed by atoms with van der Waals surface area (Å²) in [7, 11) is 0. The zero-order valence-electron chi connectivity index (χ0n) is 13.6. The number of benzene rings is 1. The second-order valence-corrected chi connectivity index (χ2v) is 6.12. The van der Waals surface area contributed by atoms with Crippen molar-refractivity contribution < 1.29 is 4.79 Å². The molecule has 0 aliphatic heterocycles. The normalized spacial score (nSPS) is 15.9. The zero-order chi connectivity index (χ0) is 15.4. The molecule has 3 rings (SSSR count). The third-order valence-electron chi connectivity index (χ3n) is 4.65. The number of rotatable bonds is 4. The number of hydrogen-bond acceptors (Lipinski definition) is 3. The van der Waals surface area contributed by atoms with Gasteiger partial charge >= 0.3 is 0 Å². The lowest BCUT2D eigenvalue weighted by Gasteiger charge is -2.30. The first-order chi connectivity index (χ1) is 10.8. The molecule has 132 valence electrons. The van der Waals surface area contributed by atoms with Crippen LogP contribution >= 0.6 is 24.8 Å². The van der Waals surface area contributed by atoms with Gasteiger partial charge in [-0.3, -0.25) is 9.78 Å². The van der Waals surface area contributed by atoms with E-state index in [1.165, 1.54) is 32.1 Å². The molecule has 0 saturated heterocycles. The van der Waals surface area contributed by atoms with E-state index in [9.17, 15) is 4.79 Å². The van der Waals surface area contributed by atoms with E-state index in [2.05, 4.69) is 10.3 Å². The Balaban J connectivity index is 0.00000144. The number of hydrogen-bond donors (Lipinski definition) is 2. The van der Waals surface area contributed by atoms with E-state index >= 15 is 0 Å². The Morgan fingerprint density at radius 2 is 1.96 bits per heavy atom. The Morgan fingerprint density at radius 1 is 1.21 bits per heavy atom. The Labute approximate surface area is 155 Å². The van der Waals surface area contributed by atoms with E-state index in [4.69, 9.17) is 5.73 Å². The molecule has 1 atom stereocenters. The Morgan fingerprint density at radius 3 is 2.67 bits per heavy atom. The number of nitrogens with one attached hydrogen (secondary N) is 1. The maximum absolute atomic E-state index is 12.5. The van der Waals surface area contributed by atoms with Crippen LogP contribution in [0.2, 0.25) is 0 Å². The third-order valence-corrected chi connectivity index (χ3v) is 4.65. The number of pyridine rings is 1. The largest absolute Gasteiger partial charge is 0.348 e. The fourth-order valence-corrected chi connectivity index (χ4v) is 3.37. The molecule has 2 aromatic rings. The molecular weight excluding hydrogens is 345 g/mol. The Kier molecular flexibility index (Phi) is 8.46. The predicted molar refractivity (Wildman–Crippen MR) is 103 cm³/mol. The molecule has 1 heterocycles. The molecule has 0 spiro atoms. The van der Waals surface area contributed by atoms with Crippen molar-refractivity contribution in [2.45, 2.75) is 38.1 Å². The van der Waals surface area contributed by atoms with Crippen LogP contribution in [0, 0.1) is 5.92 Å². The van der Waals surface area contributed by atoms with Gasteiger partial charge in [0, 0.05) is 29.7 Å². The molecule has 0 bridgehead atoms. The fraction of sp³-hybridized carbons (Fsp3) is 0.444. The first-order valence-electron chi connectivity index (χ1n) is 8.13. The van der Waals surface area contributed by atoms with Crippen LogP contribution in [0.3, 0.4) is 0 Å². The average molecular weight is 370 g/mol. The standard InChI is InChI=1S/C18H23N3O.2ClH/c19-12-17(13-5-2-1-3-6-13)21-18(22)15-8-9-16-14(11-15)7-4-10-20-16;;/h4,7-11,13,17H,1-3,5-6,12,19H2,(H,21,22);2*1H. The van der Waals surface area contributed by atoms with Gasteiger partial charge in [-0.05, 0) is 43.0 Å². The number of halogens is 2. The van der Waals surface area contributed by atoms with E-state index < -0.39 is 0 Å². The molecule has 0 radical (unpaired) electrons. The van der Waals surface area contributed by atoms with Gasteiger partial charge in [-0.25, -0.2) is 0 Å². The number of nitrogens with zero attached hydrogens (tertiary/aromatic N) is 1. The van der Waals surface area contributed by atoms with Crippen molar-refractivity contribution in [3.8, 4) is 0 Å². The second kappa shape index (κ2) is 9.82. The monoisotopic (exact) mass is 369 g/mol. The maximum Gasteiger partial charge on any atom is 0.251 e. The summed E-state index contributed by atoms with van der Waals surface area (Å²) in [6, 6.07) is 9.56. The van der Waals surface area contributed by atoms with Gasteiger partial charge in [0.25, 0.3) is 5.91 Å². The van der Waals surface area contributed by atoms with Crippen molar-refractivity contribution in [3.05, 3.63) is 42.1 Å². The molecule has 1 aliphatic carbocycles. The SMILES string of the molecule is Cl.Cl.NCC(NC(=O)c1ccc2ncccc2c1)C1CCCCC1. The Hall–Kier alpha value is -1.36. The number of fused-ring (bicyclic) bond motifs is 1. The van der Waals surface area contributed by atoms with Crippen molar-refractivity contribution in [3.63, 3.8) is 0 Å². The van der Waals surface area contributed by atoms with Gasteiger partial charge in [-0.15, -0.1) is 24.8 Å². The summed E-state index contributed by atoms with van der Waals surface area (Å²) >= 11 is 0. The summed E-state index contributed by atoms with van der Waals surface area (Å²) in [6.07, 6.45) is 7.90. The van der Waals surface area contributed by atoms with Gasteiger partial charge in [-0.1, -0.05) is 25.3 Å². The molecule has 1 amide bonds. The zero-order valence-corrected chi connectivity index (χ0v) is 15.2. The van der Waals surface area contributed by atoms with Gasteiger partial charge in [0.1, 0.15) is 0 Å². The first kappa shape index (κ1) is 20.7. The number of carbonyl (C=O) groups excluding carboxylic acids is 1. The lowest BCUT2D eigenvalue weighted by molar-refractivity contribution is 0.0915. The quantitative estimate of drug-likeness (QED) is 0.862. The molecule has 4 nitrogen and oxygen atoms in total. The average Bonchev–Trinajstić information content (AvgIpc) is 2.59. The molecule has 3 N–H and O–H groups in total. The van der Waals surface area contributed by atoms with E-state index in [0.717, 1.165) is 10.9 Å². The summed E-state index contributed by atoms with van der Waals surface area (Å²) < 4.78 is 0. The highest BCUT2D eigenvalue weighted by atomic mass is 35.5. The summed E-state index contributed by atoms with van der Waals surface area (Å²) in [4.78, 5) is 16.8. The van der Waals surface area contributed by atoms with Crippen LogP contribution in [-0.2, 0) is 0 Å². The van der Waals surface area contributed by atoms with E-state index in [1.807, 2.05) is 30.3 Å². The molecule has 6 heteroatoms. The molecule has 1 unspecified atom stereocenters. The number of aromatic nitrogens is 1. The predicted octanol–water partition coefficient (Wildman–Crippen LogP) is 3.72. The molecule has 1 aromatic carbocycles.